The molecule has 30 heavy (non-hydrogen) atoms. The molecule has 154 valence electrons. The van der Waals surface area contributed by atoms with Gasteiger partial charge < -0.3 is 15.4 Å². The molecule has 4 rings (SSSR count). The van der Waals surface area contributed by atoms with Gasteiger partial charge in [-0.25, -0.2) is 0 Å². The fourth-order valence-corrected chi connectivity index (χ4v) is 2.91. The number of aromatic nitrogens is 4. The van der Waals surface area contributed by atoms with Crippen LogP contribution < -0.4 is 15.4 Å². The molecular weight excluding hydrogens is 384 g/mol. The highest BCUT2D eigenvalue weighted by Crippen LogP contribution is 2.32. The molecule has 3 aromatic rings. The lowest BCUT2D eigenvalue weighted by Gasteiger charge is -2.08. The molecule has 0 radical (unpaired) electrons. The van der Waals surface area contributed by atoms with E-state index in [-0.39, 0.29) is 24.3 Å². The van der Waals surface area contributed by atoms with E-state index in [1.165, 1.54) is 4.80 Å². The van der Waals surface area contributed by atoms with Gasteiger partial charge in [-0.05, 0) is 47.9 Å². The van der Waals surface area contributed by atoms with E-state index < -0.39 is 0 Å². The van der Waals surface area contributed by atoms with Crippen molar-refractivity contribution in [3.63, 3.8) is 0 Å². The van der Waals surface area contributed by atoms with Crippen LogP contribution in [0, 0.1) is 5.92 Å². The average molecular weight is 406 g/mol. The van der Waals surface area contributed by atoms with Crippen molar-refractivity contribution in [2.75, 3.05) is 12.4 Å². The lowest BCUT2D eigenvalue weighted by atomic mass is 10.1. The normalized spacial score (nSPS) is 13.0. The molecule has 9 heteroatoms. The van der Waals surface area contributed by atoms with E-state index in [1.807, 2.05) is 42.5 Å². The molecule has 0 unspecified atom stereocenters. The quantitative estimate of drug-likeness (QED) is 0.592. The zero-order chi connectivity index (χ0) is 20.9. The summed E-state index contributed by atoms with van der Waals surface area (Å²) in [6.45, 7) is 0.334. The van der Waals surface area contributed by atoms with E-state index in [4.69, 9.17) is 4.74 Å². The van der Waals surface area contributed by atoms with Gasteiger partial charge in [0, 0.05) is 18.0 Å². The number of amides is 2. The second-order valence-corrected chi connectivity index (χ2v) is 7.08. The SMILES string of the molecule is COc1ccc(CNC(=O)Cn2nnc(-c3ccccc3NC(=O)C3CC3)n2)cc1. The fourth-order valence-electron chi connectivity index (χ4n) is 2.91. The number of carbonyl (C=O) groups is 2. The van der Waals surface area contributed by atoms with Crippen molar-refractivity contribution in [2.24, 2.45) is 5.92 Å². The van der Waals surface area contributed by atoms with Gasteiger partial charge in [0.05, 0.1) is 12.8 Å². The summed E-state index contributed by atoms with van der Waals surface area (Å²) in [7, 11) is 1.61. The van der Waals surface area contributed by atoms with E-state index in [2.05, 4.69) is 26.0 Å². The Morgan fingerprint density at radius 1 is 1.13 bits per heavy atom. The van der Waals surface area contributed by atoms with Crippen molar-refractivity contribution in [2.45, 2.75) is 25.9 Å². The smallest absolute Gasteiger partial charge is 0.243 e. The molecular formula is C21H22N6O3. The minimum atomic E-state index is -0.231. The van der Waals surface area contributed by atoms with Gasteiger partial charge in [0.15, 0.2) is 0 Å². The van der Waals surface area contributed by atoms with Gasteiger partial charge in [-0.2, -0.15) is 4.80 Å². The summed E-state index contributed by atoms with van der Waals surface area (Å²) in [5.41, 5.74) is 2.26. The molecule has 2 N–H and O–H groups in total. The molecule has 1 aliphatic rings. The van der Waals surface area contributed by atoms with Gasteiger partial charge in [0.1, 0.15) is 12.3 Å². The van der Waals surface area contributed by atoms with Gasteiger partial charge in [0.2, 0.25) is 17.6 Å². The Bertz CT molecular complexity index is 1040. The Kier molecular flexibility index (Phi) is 5.69. The van der Waals surface area contributed by atoms with Crippen LogP contribution in [0.4, 0.5) is 5.69 Å². The van der Waals surface area contributed by atoms with Crippen LogP contribution in [0.2, 0.25) is 0 Å². The lowest BCUT2D eigenvalue weighted by molar-refractivity contribution is -0.122. The largest absolute Gasteiger partial charge is 0.497 e. The van der Waals surface area contributed by atoms with Crippen LogP contribution in [0.25, 0.3) is 11.4 Å². The maximum atomic E-state index is 12.2. The van der Waals surface area contributed by atoms with Crippen LogP contribution in [-0.4, -0.2) is 39.1 Å². The number of para-hydroxylation sites is 1. The maximum Gasteiger partial charge on any atom is 0.243 e. The minimum Gasteiger partial charge on any atom is -0.497 e. The van der Waals surface area contributed by atoms with E-state index in [9.17, 15) is 9.59 Å². The Labute approximate surface area is 173 Å². The van der Waals surface area contributed by atoms with E-state index >= 15 is 0 Å². The summed E-state index contributed by atoms with van der Waals surface area (Å²) in [6.07, 6.45) is 1.85. The van der Waals surface area contributed by atoms with Crippen LogP contribution in [0.3, 0.4) is 0 Å². The fraction of sp³-hybridized carbons (Fsp3) is 0.286. The van der Waals surface area contributed by atoms with Gasteiger partial charge in [-0.3, -0.25) is 9.59 Å². The highest BCUT2D eigenvalue weighted by atomic mass is 16.5. The highest BCUT2D eigenvalue weighted by Gasteiger charge is 2.30. The summed E-state index contributed by atoms with van der Waals surface area (Å²) < 4.78 is 5.12. The Morgan fingerprint density at radius 3 is 2.63 bits per heavy atom. The molecule has 0 aliphatic heterocycles. The van der Waals surface area contributed by atoms with Crippen LogP contribution in [0.5, 0.6) is 5.75 Å². The summed E-state index contributed by atoms with van der Waals surface area (Å²) in [5.74, 6) is 0.983. The van der Waals surface area contributed by atoms with Crippen molar-refractivity contribution in [1.82, 2.24) is 25.5 Å². The van der Waals surface area contributed by atoms with Crippen LogP contribution in [0.1, 0.15) is 18.4 Å². The topological polar surface area (TPSA) is 111 Å². The Morgan fingerprint density at radius 2 is 1.90 bits per heavy atom. The summed E-state index contributed by atoms with van der Waals surface area (Å²) in [5, 5.41) is 18.0. The maximum absolute atomic E-state index is 12.2. The number of hydrogen-bond acceptors (Lipinski definition) is 6. The first-order valence-electron chi connectivity index (χ1n) is 9.70. The summed E-state index contributed by atoms with van der Waals surface area (Å²) >= 11 is 0. The molecule has 1 heterocycles. The molecule has 0 saturated heterocycles. The Hall–Kier alpha value is -3.75. The molecule has 1 fully saturated rings. The molecule has 1 saturated carbocycles. The number of anilines is 1. The van der Waals surface area contributed by atoms with Crippen LogP contribution in [0.15, 0.2) is 48.5 Å². The number of ether oxygens (including phenoxy) is 1. The molecule has 0 bridgehead atoms. The minimum absolute atomic E-state index is 0.00718. The first-order valence-corrected chi connectivity index (χ1v) is 9.70. The first-order chi connectivity index (χ1) is 14.6. The van der Waals surface area contributed by atoms with E-state index in [0.29, 0.717) is 23.6 Å². The molecule has 2 amide bonds. The molecule has 2 aromatic carbocycles. The van der Waals surface area contributed by atoms with Crippen LogP contribution >= 0.6 is 0 Å². The predicted octanol–water partition coefficient (Wildman–Crippen LogP) is 2.01. The Balaban J connectivity index is 1.37. The molecule has 1 aromatic heterocycles. The number of tetrazole rings is 1. The van der Waals surface area contributed by atoms with Gasteiger partial charge in [0.25, 0.3) is 0 Å². The number of carbonyl (C=O) groups excluding carboxylic acids is 2. The predicted molar refractivity (Wildman–Crippen MR) is 109 cm³/mol. The zero-order valence-corrected chi connectivity index (χ0v) is 16.5. The number of rotatable bonds is 8. The van der Waals surface area contributed by atoms with Gasteiger partial charge in [-0.1, -0.05) is 24.3 Å². The van der Waals surface area contributed by atoms with Crippen molar-refractivity contribution >= 4 is 17.5 Å². The van der Waals surface area contributed by atoms with Crippen molar-refractivity contribution in [3.8, 4) is 17.1 Å². The zero-order valence-electron chi connectivity index (χ0n) is 16.5. The van der Waals surface area contributed by atoms with Crippen molar-refractivity contribution < 1.29 is 14.3 Å². The molecule has 1 aliphatic carbocycles. The third kappa shape index (κ3) is 4.80. The third-order valence-electron chi connectivity index (χ3n) is 4.76. The number of nitrogens with zero attached hydrogens (tertiary/aromatic N) is 4. The van der Waals surface area contributed by atoms with Crippen molar-refractivity contribution in [1.29, 1.82) is 0 Å². The number of nitrogens with one attached hydrogen (secondary N) is 2. The summed E-state index contributed by atoms with van der Waals surface area (Å²) in [4.78, 5) is 25.6. The number of hydrogen-bond donors (Lipinski definition) is 2. The second kappa shape index (κ2) is 8.73. The lowest BCUT2D eigenvalue weighted by Crippen LogP contribution is -2.28. The van der Waals surface area contributed by atoms with E-state index in [0.717, 1.165) is 24.2 Å². The summed E-state index contributed by atoms with van der Waals surface area (Å²) in [6, 6.07) is 14.7. The molecule has 0 spiro atoms. The third-order valence-corrected chi connectivity index (χ3v) is 4.76. The van der Waals surface area contributed by atoms with Gasteiger partial charge in [-0.15, -0.1) is 10.2 Å². The standard InChI is InChI=1S/C21H22N6O3/c1-30-16-10-6-14(7-11-16)12-22-19(28)13-27-25-20(24-26-27)17-4-2-3-5-18(17)23-21(29)15-8-9-15/h2-7,10-11,15H,8-9,12-13H2,1H3,(H,22,28)(H,23,29). The monoisotopic (exact) mass is 406 g/mol. The number of benzene rings is 2. The van der Waals surface area contributed by atoms with Crippen molar-refractivity contribution in [3.05, 3.63) is 54.1 Å². The highest BCUT2D eigenvalue weighted by molar-refractivity contribution is 5.97. The first kappa shape index (κ1) is 19.6. The van der Waals surface area contributed by atoms with Gasteiger partial charge >= 0.3 is 0 Å². The van der Waals surface area contributed by atoms with E-state index in [1.54, 1.807) is 13.2 Å². The molecule has 9 nitrogen and oxygen atoms in total. The number of methoxy groups -OCH3 is 1. The molecule has 0 atom stereocenters. The van der Waals surface area contributed by atoms with Crippen LogP contribution in [-0.2, 0) is 22.7 Å². The average Bonchev–Trinajstić information content (AvgIpc) is 3.53. The second-order valence-electron chi connectivity index (χ2n) is 7.08.